The van der Waals surface area contributed by atoms with Crippen LogP contribution in [0.2, 0.25) is 0 Å². The third-order valence-electron chi connectivity index (χ3n) is 2.46. The molecule has 0 aromatic carbocycles. The minimum Gasteiger partial charge on any atom is -0.396 e. The molecule has 0 saturated heterocycles. The highest BCUT2D eigenvalue weighted by Crippen LogP contribution is 2.16. The predicted octanol–water partition coefficient (Wildman–Crippen LogP) is 1.25. The van der Waals surface area contributed by atoms with Crippen molar-refractivity contribution in [2.75, 3.05) is 20.3 Å². The maximum absolute atomic E-state index is 8.90. The largest absolute Gasteiger partial charge is 0.396 e. The minimum absolute atomic E-state index is 0.178. The van der Waals surface area contributed by atoms with Crippen LogP contribution >= 0.6 is 11.3 Å². The summed E-state index contributed by atoms with van der Waals surface area (Å²) in [6, 6.07) is 0.194. The van der Waals surface area contributed by atoms with Gasteiger partial charge in [0.2, 0.25) is 0 Å². The van der Waals surface area contributed by atoms with Gasteiger partial charge in [0, 0.05) is 31.2 Å². The number of hydrogen-bond acceptors (Lipinski definition) is 5. The summed E-state index contributed by atoms with van der Waals surface area (Å²) in [5.74, 6) is 0. The van der Waals surface area contributed by atoms with Crippen LogP contribution in [0.5, 0.6) is 0 Å². The number of thiazole rings is 1. The van der Waals surface area contributed by atoms with E-state index in [1.807, 2.05) is 6.92 Å². The molecule has 4 nitrogen and oxygen atoms in total. The number of rotatable bonds is 7. The second-order valence-corrected chi connectivity index (χ2v) is 5.08. The normalized spacial score (nSPS) is 13.0. The lowest BCUT2D eigenvalue weighted by molar-refractivity contribution is 0.148. The molecule has 1 heterocycles. The van der Waals surface area contributed by atoms with Crippen LogP contribution in [-0.2, 0) is 11.3 Å². The molecule has 2 N–H and O–H groups in total. The Bertz CT molecular complexity index is 289. The highest BCUT2D eigenvalue weighted by molar-refractivity contribution is 7.11. The summed E-state index contributed by atoms with van der Waals surface area (Å²) in [6.45, 7) is 5.64. The molecule has 5 heteroatoms. The zero-order chi connectivity index (χ0) is 12.0. The van der Waals surface area contributed by atoms with Crippen LogP contribution in [0.1, 0.15) is 22.0 Å². The molecule has 0 amide bonds. The lowest BCUT2D eigenvalue weighted by Crippen LogP contribution is -2.33. The minimum atomic E-state index is 0.178. The van der Waals surface area contributed by atoms with Crippen LogP contribution in [0.15, 0.2) is 0 Å². The smallest absolute Gasteiger partial charge is 0.107 e. The molecule has 0 fully saturated rings. The number of ether oxygens (including phenoxy) is 1. The highest BCUT2D eigenvalue weighted by Gasteiger charge is 2.09. The molecule has 0 saturated carbocycles. The highest BCUT2D eigenvalue weighted by atomic mass is 32.1. The van der Waals surface area contributed by atoms with Gasteiger partial charge in [-0.3, -0.25) is 0 Å². The van der Waals surface area contributed by atoms with Crippen LogP contribution in [0, 0.1) is 13.8 Å². The summed E-state index contributed by atoms with van der Waals surface area (Å²) in [6.07, 6.45) is 0.706. The molecule has 0 aliphatic rings. The first-order chi connectivity index (χ1) is 7.67. The molecule has 1 atom stereocenters. The average Bonchev–Trinajstić information content (AvgIpc) is 2.56. The molecule has 0 bridgehead atoms. The Labute approximate surface area is 101 Å². The Kier molecular flexibility index (Phi) is 5.90. The summed E-state index contributed by atoms with van der Waals surface area (Å²) < 4.78 is 5.08. The summed E-state index contributed by atoms with van der Waals surface area (Å²) in [5.41, 5.74) is 1.10. The van der Waals surface area contributed by atoms with E-state index in [2.05, 4.69) is 17.2 Å². The fourth-order valence-electron chi connectivity index (χ4n) is 1.45. The van der Waals surface area contributed by atoms with Gasteiger partial charge in [0.05, 0.1) is 12.3 Å². The van der Waals surface area contributed by atoms with Crippen LogP contribution in [-0.4, -0.2) is 36.5 Å². The van der Waals surface area contributed by atoms with Gasteiger partial charge in [0.1, 0.15) is 5.01 Å². The van der Waals surface area contributed by atoms with E-state index in [9.17, 15) is 0 Å². The fourth-order valence-corrected chi connectivity index (χ4v) is 2.33. The first kappa shape index (κ1) is 13.6. The molecule has 16 heavy (non-hydrogen) atoms. The molecule has 1 aromatic heterocycles. The Balaban J connectivity index is 2.41. The van der Waals surface area contributed by atoms with Gasteiger partial charge in [0.15, 0.2) is 0 Å². The van der Waals surface area contributed by atoms with Gasteiger partial charge in [0.25, 0.3) is 0 Å². The number of hydrogen-bond donors (Lipinski definition) is 2. The average molecular weight is 244 g/mol. The van der Waals surface area contributed by atoms with Crippen molar-refractivity contribution in [2.24, 2.45) is 0 Å². The van der Waals surface area contributed by atoms with Gasteiger partial charge in [-0.2, -0.15) is 0 Å². The fraction of sp³-hybridized carbons (Fsp3) is 0.727. The van der Waals surface area contributed by atoms with E-state index < -0.39 is 0 Å². The molecule has 0 spiro atoms. The number of aryl methyl sites for hydroxylation is 2. The quantitative estimate of drug-likeness (QED) is 0.758. The topological polar surface area (TPSA) is 54.4 Å². The number of aliphatic hydroxyl groups excluding tert-OH is 1. The van der Waals surface area contributed by atoms with Gasteiger partial charge < -0.3 is 15.2 Å². The van der Waals surface area contributed by atoms with Crippen molar-refractivity contribution >= 4 is 11.3 Å². The predicted molar refractivity (Wildman–Crippen MR) is 65.8 cm³/mol. The monoisotopic (exact) mass is 244 g/mol. The zero-order valence-corrected chi connectivity index (χ0v) is 10.9. The van der Waals surface area contributed by atoms with Crippen LogP contribution in [0.3, 0.4) is 0 Å². The first-order valence-electron chi connectivity index (χ1n) is 5.43. The Morgan fingerprint density at radius 2 is 2.25 bits per heavy atom. The van der Waals surface area contributed by atoms with E-state index in [1.165, 1.54) is 4.88 Å². The van der Waals surface area contributed by atoms with Gasteiger partial charge >= 0.3 is 0 Å². The summed E-state index contributed by atoms with van der Waals surface area (Å²) in [4.78, 5) is 5.72. The third kappa shape index (κ3) is 4.17. The Morgan fingerprint density at radius 3 is 2.75 bits per heavy atom. The molecule has 1 rings (SSSR count). The van der Waals surface area contributed by atoms with Crippen LogP contribution in [0.25, 0.3) is 0 Å². The second-order valence-electron chi connectivity index (χ2n) is 3.79. The second kappa shape index (κ2) is 6.96. The van der Waals surface area contributed by atoms with E-state index in [0.717, 1.165) is 17.2 Å². The summed E-state index contributed by atoms with van der Waals surface area (Å²) >= 11 is 1.72. The van der Waals surface area contributed by atoms with Crippen molar-refractivity contribution in [1.29, 1.82) is 0 Å². The molecular formula is C11H20N2O2S. The van der Waals surface area contributed by atoms with E-state index in [-0.39, 0.29) is 12.6 Å². The van der Waals surface area contributed by atoms with Gasteiger partial charge in [-0.05, 0) is 20.3 Å². The van der Waals surface area contributed by atoms with Crippen molar-refractivity contribution in [2.45, 2.75) is 32.9 Å². The molecule has 1 unspecified atom stereocenters. The van der Waals surface area contributed by atoms with Gasteiger partial charge in [-0.25, -0.2) is 4.98 Å². The number of nitrogens with zero attached hydrogens (tertiary/aromatic N) is 1. The van der Waals surface area contributed by atoms with E-state index in [1.54, 1.807) is 18.4 Å². The Morgan fingerprint density at radius 1 is 1.50 bits per heavy atom. The number of aliphatic hydroxyl groups is 1. The van der Waals surface area contributed by atoms with Gasteiger partial charge in [-0.1, -0.05) is 0 Å². The van der Waals surface area contributed by atoms with Crippen LogP contribution < -0.4 is 5.32 Å². The molecular weight excluding hydrogens is 224 g/mol. The lowest BCUT2D eigenvalue weighted by atomic mass is 10.2. The zero-order valence-electron chi connectivity index (χ0n) is 10.1. The molecule has 0 radical (unpaired) electrons. The molecule has 92 valence electrons. The van der Waals surface area contributed by atoms with Crippen molar-refractivity contribution in [3.8, 4) is 0 Å². The van der Waals surface area contributed by atoms with Gasteiger partial charge in [-0.15, -0.1) is 11.3 Å². The molecule has 1 aromatic rings. The van der Waals surface area contributed by atoms with E-state index in [4.69, 9.17) is 9.84 Å². The number of aromatic nitrogens is 1. The maximum Gasteiger partial charge on any atom is 0.107 e. The van der Waals surface area contributed by atoms with Crippen molar-refractivity contribution in [3.05, 3.63) is 15.6 Å². The van der Waals surface area contributed by atoms with Crippen molar-refractivity contribution in [1.82, 2.24) is 10.3 Å². The van der Waals surface area contributed by atoms with E-state index >= 15 is 0 Å². The summed E-state index contributed by atoms with van der Waals surface area (Å²) in [5, 5.41) is 13.3. The summed E-state index contributed by atoms with van der Waals surface area (Å²) in [7, 11) is 1.67. The van der Waals surface area contributed by atoms with Crippen molar-refractivity contribution < 1.29 is 9.84 Å². The lowest BCUT2D eigenvalue weighted by Gasteiger charge is -2.15. The molecule has 0 aliphatic heterocycles. The SMILES string of the molecule is COCC(CCO)NCc1nc(C)c(C)s1. The standard InChI is InChI=1S/C11H20N2O2S/c1-8-9(2)16-11(13-8)6-12-10(4-5-14)7-15-3/h10,12,14H,4-7H2,1-3H3. The van der Waals surface area contributed by atoms with Crippen molar-refractivity contribution in [3.63, 3.8) is 0 Å². The number of methoxy groups -OCH3 is 1. The van der Waals surface area contributed by atoms with E-state index in [0.29, 0.717) is 13.0 Å². The van der Waals surface area contributed by atoms with Crippen LogP contribution in [0.4, 0.5) is 0 Å². The third-order valence-corrected chi connectivity index (χ3v) is 3.53. The maximum atomic E-state index is 8.90. The molecule has 0 aliphatic carbocycles. The Hall–Kier alpha value is -0.490. The number of nitrogens with one attached hydrogen (secondary N) is 1. The first-order valence-corrected chi connectivity index (χ1v) is 6.25.